The third-order valence-electron chi connectivity index (χ3n) is 5.16. The van der Waals surface area contributed by atoms with Gasteiger partial charge in [-0.05, 0) is 31.4 Å². The first kappa shape index (κ1) is 21.1. The average molecular weight is 402 g/mol. The molecule has 1 aromatic heterocycles. The lowest BCUT2D eigenvalue weighted by Gasteiger charge is -2.35. The first-order valence-electron chi connectivity index (χ1n) is 10.2. The predicted octanol–water partition coefficient (Wildman–Crippen LogP) is 2.34. The van der Waals surface area contributed by atoms with Crippen molar-refractivity contribution in [2.75, 3.05) is 38.2 Å². The maximum Gasteiger partial charge on any atom is 0.330 e. The number of aromatic nitrogens is 2. The van der Waals surface area contributed by atoms with Gasteiger partial charge in [-0.3, -0.25) is 9.47 Å². The molecule has 29 heavy (non-hydrogen) atoms. The van der Waals surface area contributed by atoms with Gasteiger partial charge in [-0.15, -0.1) is 0 Å². The van der Waals surface area contributed by atoms with Crippen LogP contribution >= 0.6 is 0 Å². The highest BCUT2D eigenvalue weighted by atomic mass is 16.5. The van der Waals surface area contributed by atoms with Crippen molar-refractivity contribution >= 4 is 11.7 Å². The molecule has 2 amide bonds. The predicted molar refractivity (Wildman–Crippen MR) is 114 cm³/mol. The van der Waals surface area contributed by atoms with Crippen molar-refractivity contribution in [1.29, 1.82) is 0 Å². The highest BCUT2D eigenvalue weighted by molar-refractivity contribution is 5.91. The summed E-state index contributed by atoms with van der Waals surface area (Å²) >= 11 is 0. The molecule has 0 saturated carbocycles. The summed E-state index contributed by atoms with van der Waals surface area (Å²) in [7, 11) is 0. The molecule has 3 rings (SSSR count). The zero-order chi connectivity index (χ0) is 20.8. The van der Waals surface area contributed by atoms with Crippen LogP contribution in [0.25, 0.3) is 5.69 Å². The van der Waals surface area contributed by atoms with E-state index in [0.29, 0.717) is 23.8 Å². The van der Waals surface area contributed by atoms with Crippen LogP contribution in [-0.4, -0.2) is 59.4 Å². The summed E-state index contributed by atoms with van der Waals surface area (Å²) in [6.07, 6.45) is 2.66. The molecule has 0 bridgehead atoms. The molecule has 158 valence electrons. The van der Waals surface area contributed by atoms with E-state index in [0.717, 1.165) is 38.4 Å². The number of urea groups is 1. The Bertz CT molecular complexity index is 867. The molecule has 1 atom stereocenters. The summed E-state index contributed by atoms with van der Waals surface area (Å²) in [5, 5.41) is 5.91. The topological polar surface area (TPSA) is 91.4 Å². The van der Waals surface area contributed by atoms with E-state index in [1.165, 1.54) is 0 Å². The highest BCUT2D eigenvalue weighted by Crippen LogP contribution is 2.20. The van der Waals surface area contributed by atoms with Gasteiger partial charge in [0.2, 0.25) is 0 Å². The quantitative estimate of drug-likeness (QED) is 0.664. The van der Waals surface area contributed by atoms with Crippen LogP contribution in [0.15, 0.2) is 35.3 Å². The lowest BCUT2D eigenvalue weighted by molar-refractivity contribution is 0.0130. The van der Waals surface area contributed by atoms with Crippen LogP contribution in [0.5, 0.6) is 0 Å². The van der Waals surface area contributed by atoms with Gasteiger partial charge in [0.15, 0.2) is 0 Å². The van der Waals surface area contributed by atoms with E-state index < -0.39 is 0 Å². The summed E-state index contributed by atoms with van der Waals surface area (Å²) < 4.78 is 7.00. The molecular formula is C21H31N5O3. The van der Waals surface area contributed by atoms with Crippen LogP contribution in [-0.2, 0) is 4.74 Å². The monoisotopic (exact) mass is 401 g/mol. The molecule has 0 radical (unpaired) electrons. The van der Waals surface area contributed by atoms with Gasteiger partial charge in [-0.2, -0.15) is 0 Å². The third-order valence-corrected chi connectivity index (χ3v) is 5.16. The molecule has 0 spiro atoms. The van der Waals surface area contributed by atoms with Gasteiger partial charge in [0.05, 0.1) is 24.6 Å². The molecule has 1 aliphatic rings. The average Bonchev–Trinajstić information content (AvgIpc) is 3.04. The van der Waals surface area contributed by atoms with Crippen molar-refractivity contribution in [3.8, 4) is 5.69 Å². The zero-order valence-electron chi connectivity index (χ0n) is 17.4. The second-order valence-corrected chi connectivity index (χ2v) is 7.85. The van der Waals surface area contributed by atoms with Crippen molar-refractivity contribution in [2.24, 2.45) is 5.92 Å². The van der Waals surface area contributed by atoms with E-state index in [9.17, 15) is 9.59 Å². The molecule has 3 N–H and O–H groups in total. The number of amides is 2. The highest BCUT2D eigenvalue weighted by Gasteiger charge is 2.22. The molecule has 8 nitrogen and oxygen atoms in total. The molecule has 1 unspecified atom stereocenters. The van der Waals surface area contributed by atoms with Crippen LogP contribution in [0, 0.1) is 12.8 Å². The van der Waals surface area contributed by atoms with Crippen LogP contribution < -0.4 is 16.3 Å². The smallest absolute Gasteiger partial charge is 0.330 e. The maximum absolute atomic E-state index is 12.6. The van der Waals surface area contributed by atoms with Gasteiger partial charge in [0.1, 0.15) is 0 Å². The number of imidazole rings is 1. The Labute approximate surface area is 171 Å². The number of hydrogen-bond acceptors (Lipinski definition) is 4. The second kappa shape index (κ2) is 9.76. The van der Waals surface area contributed by atoms with Crippen molar-refractivity contribution in [1.82, 2.24) is 19.8 Å². The van der Waals surface area contributed by atoms with Gasteiger partial charge in [-0.1, -0.05) is 26.0 Å². The van der Waals surface area contributed by atoms with Gasteiger partial charge in [0, 0.05) is 37.6 Å². The summed E-state index contributed by atoms with van der Waals surface area (Å²) in [5.74, 6) is 0.539. The lowest BCUT2D eigenvalue weighted by atomic mass is 10.0. The standard InChI is InChI=1S/C21H31N5O3/c1-15(2)12-17(25-8-10-29-11-9-25)14-22-20(27)24-18-6-4-5-7-19(18)26-16(3)13-23-21(26)28/h4-7,13,15,17H,8-12,14H2,1-3H3,(H,23,28)(H2,22,24,27). The number of para-hydroxylation sites is 2. The van der Waals surface area contributed by atoms with E-state index in [2.05, 4.69) is 34.4 Å². The Morgan fingerprint density at radius 3 is 2.62 bits per heavy atom. The number of nitrogens with one attached hydrogen (secondary N) is 3. The minimum atomic E-state index is -0.277. The molecule has 0 aliphatic carbocycles. The van der Waals surface area contributed by atoms with Gasteiger partial charge in [0.25, 0.3) is 0 Å². The normalized spacial score (nSPS) is 16.0. The molecule has 2 heterocycles. The van der Waals surface area contributed by atoms with Gasteiger partial charge in [-0.25, -0.2) is 9.59 Å². The second-order valence-electron chi connectivity index (χ2n) is 7.85. The fourth-order valence-electron chi connectivity index (χ4n) is 3.75. The Balaban J connectivity index is 1.67. The minimum Gasteiger partial charge on any atom is -0.379 e. The fourth-order valence-corrected chi connectivity index (χ4v) is 3.75. The Morgan fingerprint density at radius 2 is 1.97 bits per heavy atom. The number of nitrogens with zero attached hydrogens (tertiary/aromatic N) is 2. The zero-order valence-corrected chi connectivity index (χ0v) is 17.4. The van der Waals surface area contributed by atoms with Gasteiger partial charge >= 0.3 is 11.7 Å². The molecule has 1 aromatic carbocycles. The van der Waals surface area contributed by atoms with Crippen LogP contribution in [0.1, 0.15) is 26.0 Å². The molecule has 8 heteroatoms. The van der Waals surface area contributed by atoms with E-state index in [4.69, 9.17) is 4.74 Å². The first-order chi connectivity index (χ1) is 14.0. The van der Waals surface area contributed by atoms with Crippen LogP contribution in [0.3, 0.4) is 0 Å². The van der Waals surface area contributed by atoms with Crippen LogP contribution in [0.2, 0.25) is 0 Å². The number of aryl methyl sites for hydroxylation is 1. The lowest BCUT2D eigenvalue weighted by Crippen LogP contribution is -2.49. The number of rotatable bonds is 7. The van der Waals surface area contributed by atoms with Gasteiger partial charge < -0.3 is 20.4 Å². The van der Waals surface area contributed by atoms with Crippen molar-refractivity contribution in [2.45, 2.75) is 33.2 Å². The number of carbonyl (C=O) groups excluding carboxylic acids is 1. The van der Waals surface area contributed by atoms with E-state index in [1.807, 2.05) is 25.1 Å². The molecule has 1 aliphatic heterocycles. The van der Waals surface area contributed by atoms with E-state index in [1.54, 1.807) is 16.8 Å². The Morgan fingerprint density at radius 1 is 1.24 bits per heavy atom. The molecule has 1 saturated heterocycles. The van der Waals surface area contributed by atoms with Crippen LogP contribution in [0.4, 0.5) is 10.5 Å². The van der Waals surface area contributed by atoms with E-state index >= 15 is 0 Å². The maximum atomic E-state index is 12.6. The number of aromatic amines is 1. The summed E-state index contributed by atoms with van der Waals surface area (Å²) in [5.41, 5.74) is 1.76. The number of ether oxygens (including phenoxy) is 1. The molecule has 2 aromatic rings. The SMILES string of the molecule is Cc1c[nH]c(=O)n1-c1ccccc1NC(=O)NCC(CC(C)C)N1CCOCC1. The molecule has 1 fully saturated rings. The first-order valence-corrected chi connectivity index (χ1v) is 10.2. The number of morpholine rings is 1. The fraction of sp³-hybridized carbons (Fsp3) is 0.524. The molecular weight excluding hydrogens is 370 g/mol. The van der Waals surface area contributed by atoms with Crippen molar-refractivity contribution in [3.63, 3.8) is 0 Å². The number of benzene rings is 1. The third kappa shape index (κ3) is 5.48. The number of anilines is 1. The number of carbonyl (C=O) groups is 1. The summed E-state index contributed by atoms with van der Waals surface area (Å²) in [6, 6.07) is 7.28. The largest absolute Gasteiger partial charge is 0.379 e. The Kier molecular flexibility index (Phi) is 7.11. The Hall–Kier alpha value is -2.58. The summed E-state index contributed by atoms with van der Waals surface area (Å²) in [4.78, 5) is 29.8. The minimum absolute atomic E-state index is 0.235. The summed E-state index contributed by atoms with van der Waals surface area (Å²) in [6.45, 7) is 10.0. The number of H-pyrrole nitrogens is 1. The number of hydrogen-bond donors (Lipinski definition) is 3. The van der Waals surface area contributed by atoms with E-state index in [-0.39, 0.29) is 17.8 Å². The van der Waals surface area contributed by atoms with Crippen molar-refractivity contribution < 1.29 is 9.53 Å². The van der Waals surface area contributed by atoms with Crippen molar-refractivity contribution in [3.05, 3.63) is 46.6 Å².